The van der Waals surface area contributed by atoms with Gasteiger partial charge in [0.2, 0.25) is 5.91 Å². The van der Waals surface area contributed by atoms with Crippen LogP contribution in [0.2, 0.25) is 0 Å². The molecule has 38 heavy (non-hydrogen) atoms. The number of nitrogens with one attached hydrogen (secondary N) is 1. The first kappa shape index (κ1) is 29.4. The van der Waals surface area contributed by atoms with Gasteiger partial charge in [-0.3, -0.25) is 9.10 Å². The molecule has 204 valence electrons. The lowest BCUT2D eigenvalue weighted by Gasteiger charge is -2.24. The van der Waals surface area contributed by atoms with Crippen LogP contribution in [0.1, 0.15) is 33.3 Å². The summed E-state index contributed by atoms with van der Waals surface area (Å²) in [6.45, 7) is 8.93. The van der Waals surface area contributed by atoms with Crippen LogP contribution in [0.4, 0.5) is 5.69 Å². The Morgan fingerprint density at radius 1 is 0.895 bits per heavy atom. The first-order chi connectivity index (χ1) is 18.0. The van der Waals surface area contributed by atoms with Crippen molar-refractivity contribution in [3.63, 3.8) is 0 Å². The van der Waals surface area contributed by atoms with E-state index >= 15 is 0 Å². The van der Waals surface area contributed by atoms with Crippen LogP contribution < -0.4 is 19.1 Å². The van der Waals surface area contributed by atoms with Gasteiger partial charge in [0, 0.05) is 4.90 Å². The summed E-state index contributed by atoms with van der Waals surface area (Å²) in [5.41, 5.74) is 1.63. The predicted molar refractivity (Wildman–Crippen MR) is 154 cm³/mol. The maximum atomic E-state index is 13.6. The van der Waals surface area contributed by atoms with E-state index in [1.165, 1.54) is 17.3 Å². The van der Waals surface area contributed by atoms with Crippen molar-refractivity contribution in [3.8, 4) is 11.5 Å². The second kappa shape index (κ2) is 13.1. The number of carbonyl (C=O) groups is 1. The fourth-order valence-electron chi connectivity index (χ4n) is 3.66. The average Bonchev–Trinajstić information content (AvgIpc) is 2.90. The Morgan fingerprint density at radius 3 is 2.03 bits per heavy atom. The molecule has 0 radical (unpaired) electrons. The number of hydrogen-bond acceptors (Lipinski definition) is 6. The summed E-state index contributed by atoms with van der Waals surface area (Å²) >= 11 is 1.52. The molecule has 3 aromatic carbocycles. The van der Waals surface area contributed by atoms with E-state index in [0.717, 1.165) is 9.20 Å². The third-order valence-corrected chi connectivity index (χ3v) is 8.32. The van der Waals surface area contributed by atoms with Gasteiger partial charge in [-0.25, -0.2) is 8.42 Å². The molecule has 0 unspecified atom stereocenters. The number of benzene rings is 3. The molecule has 0 aromatic heterocycles. The van der Waals surface area contributed by atoms with E-state index in [-0.39, 0.29) is 30.0 Å². The van der Waals surface area contributed by atoms with Crippen LogP contribution in [-0.4, -0.2) is 46.9 Å². The maximum Gasteiger partial charge on any atom is 0.264 e. The SMILES string of the molecule is CCOc1ccc(N(CC(=O)NCCOc2ccc(C(C)(C)C)cc2)S(=O)(=O)c2ccc(SC)cc2)cc1. The maximum absolute atomic E-state index is 13.6. The fraction of sp³-hybridized carbons (Fsp3) is 0.345. The van der Waals surface area contributed by atoms with Crippen LogP contribution in [0, 0.1) is 0 Å². The summed E-state index contributed by atoms with van der Waals surface area (Å²) < 4.78 is 39.5. The largest absolute Gasteiger partial charge is 0.494 e. The smallest absolute Gasteiger partial charge is 0.264 e. The second-order valence-corrected chi connectivity index (χ2v) is 12.3. The molecule has 7 nitrogen and oxygen atoms in total. The zero-order valence-electron chi connectivity index (χ0n) is 22.6. The number of anilines is 1. The van der Waals surface area contributed by atoms with Crippen LogP contribution in [0.25, 0.3) is 0 Å². The van der Waals surface area contributed by atoms with Gasteiger partial charge >= 0.3 is 0 Å². The van der Waals surface area contributed by atoms with Crippen molar-refractivity contribution in [2.45, 2.75) is 42.9 Å². The van der Waals surface area contributed by atoms with E-state index in [1.807, 2.05) is 37.4 Å². The average molecular weight is 557 g/mol. The van der Waals surface area contributed by atoms with Gasteiger partial charge in [-0.2, -0.15) is 0 Å². The Kier molecular flexibility index (Phi) is 10.1. The summed E-state index contributed by atoms with van der Waals surface area (Å²) in [5, 5.41) is 2.76. The molecule has 0 atom stereocenters. The Hall–Kier alpha value is -3.17. The molecule has 0 aliphatic heterocycles. The molecule has 0 bridgehead atoms. The monoisotopic (exact) mass is 556 g/mol. The number of thioether (sulfide) groups is 1. The van der Waals surface area contributed by atoms with Gasteiger partial charge < -0.3 is 14.8 Å². The van der Waals surface area contributed by atoms with Crippen LogP contribution in [0.5, 0.6) is 11.5 Å². The van der Waals surface area contributed by atoms with Crippen LogP contribution in [0.3, 0.4) is 0 Å². The normalized spacial score (nSPS) is 11.6. The van der Waals surface area contributed by atoms with Crippen LogP contribution in [-0.2, 0) is 20.2 Å². The third kappa shape index (κ3) is 7.91. The minimum atomic E-state index is -4.00. The number of sulfonamides is 1. The molecule has 0 saturated carbocycles. The number of ether oxygens (including phenoxy) is 2. The Labute approximate surface area is 230 Å². The highest BCUT2D eigenvalue weighted by atomic mass is 32.2. The lowest BCUT2D eigenvalue weighted by atomic mass is 9.87. The molecule has 0 aliphatic rings. The van der Waals surface area contributed by atoms with E-state index in [0.29, 0.717) is 23.8 Å². The van der Waals surface area contributed by atoms with Gasteiger partial charge in [-0.15, -0.1) is 11.8 Å². The molecule has 0 saturated heterocycles. The summed E-state index contributed by atoms with van der Waals surface area (Å²) in [4.78, 5) is 13.9. The molecule has 0 aliphatic carbocycles. The third-order valence-electron chi connectivity index (χ3n) is 5.78. The topological polar surface area (TPSA) is 84.9 Å². The number of amides is 1. The standard InChI is InChI=1S/C29H36N2O5S2/c1-6-35-24-13-9-23(10-14-24)31(38(33,34)27-17-15-26(37-5)16-18-27)21-28(32)30-19-20-36-25-11-7-22(8-12-25)29(2,3)4/h7-18H,6,19-21H2,1-5H3,(H,30,32). The Bertz CT molecular complexity index is 1280. The number of hydrogen-bond donors (Lipinski definition) is 1. The van der Waals surface area contributed by atoms with Crippen molar-refractivity contribution in [2.24, 2.45) is 0 Å². The summed E-state index contributed by atoms with van der Waals surface area (Å²) in [6.07, 6.45) is 1.92. The van der Waals surface area contributed by atoms with Crippen molar-refractivity contribution < 1.29 is 22.7 Å². The van der Waals surface area contributed by atoms with Gasteiger partial charge in [-0.1, -0.05) is 32.9 Å². The van der Waals surface area contributed by atoms with Crippen molar-refractivity contribution >= 4 is 33.4 Å². The highest BCUT2D eigenvalue weighted by molar-refractivity contribution is 7.98. The highest BCUT2D eigenvalue weighted by Crippen LogP contribution is 2.27. The minimum absolute atomic E-state index is 0.0546. The molecule has 3 aromatic rings. The molecule has 0 spiro atoms. The second-order valence-electron chi connectivity index (χ2n) is 9.59. The van der Waals surface area contributed by atoms with Crippen molar-refractivity contribution in [1.82, 2.24) is 5.32 Å². The molecule has 1 amide bonds. The van der Waals surface area contributed by atoms with Crippen LogP contribution >= 0.6 is 11.8 Å². The first-order valence-corrected chi connectivity index (χ1v) is 15.1. The number of rotatable bonds is 12. The highest BCUT2D eigenvalue weighted by Gasteiger charge is 2.27. The van der Waals surface area contributed by atoms with E-state index in [4.69, 9.17) is 9.47 Å². The van der Waals surface area contributed by atoms with Gasteiger partial charge in [-0.05, 0) is 84.8 Å². The summed E-state index contributed by atoms with van der Waals surface area (Å²) in [5.74, 6) is 0.893. The molecule has 0 fully saturated rings. The predicted octanol–water partition coefficient (Wildman–Crippen LogP) is 5.50. The summed E-state index contributed by atoms with van der Waals surface area (Å²) in [7, 11) is -4.00. The lowest BCUT2D eigenvalue weighted by Crippen LogP contribution is -2.41. The molecule has 3 rings (SSSR count). The molecular weight excluding hydrogens is 520 g/mol. The van der Waals surface area contributed by atoms with Crippen molar-refractivity contribution in [1.29, 1.82) is 0 Å². The van der Waals surface area contributed by atoms with Crippen molar-refractivity contribution in [2.75, 3.05) is 36.9 Å². The van der Waals surface area contributed by atoms with E-state index < -0.39 is 15.9 Å². The number of nitrogens with zero attached hydrogens (tertiary/aromatic N) is 1. The Morgan fingerprint density at radius 2 is 1.47 bits per heavy atom. The van der Waals surface area contributed by atoms with Crippen molar-refractivity contribution in [3.05, 3.63) is 78.4 Å². The summed E-state index contributed by atoms with van der Waals surface area (Å²) in [6, 6.07) is 21.1. The minimum Gasteiger partial charge on any atom is -0.494 e. The molecule has 9 heteroatoms. The van der Waals surface area contributed by atoms with E-state index in [1.54, 1.807) is 48.5 Å². The van der Waals surface area contributed by atoms with Gasteiger partial charge in [0.1, 0.15) is 24.7 Å². The molecule has 1 N–H and O–H groups in total. The molecule has 0 heterocycles. The zero-order chi connectivity index (χ0) is 27.8. The molecular formula is C29H36N2O5S2. The van der Waals surface area contributed by atoms with Crippen LogP contribution in [0.15, 0.2) is 82.6 Å². The number of carbonyl (C=O) groups excluding carboxylic acids is 1. The quantitative estimate of drug-likeness (QED) is 0.234. The van der Waals surface area contributed by atoms with Gasteiger partial charge in [0.25, 0.3) is 10.0 Å². The first-order valence-electron chi connectivity index (χ1n) is 12.4. The lowest BCUT2D eigenvalue weighted by molar-refractivity contribution is -0.119. The van der Waals surface area contributed by atoms with E-state index in [2.05, 4.69) is 26.1 Å². The fourth-order valence-corrected chi connectivity index (χ4v) is 5.49. The van der Waals surface area contributed by atoms with Gasteiger partial charge in [0.05, 0.1) is 23.7 Å². The van der Waals surface area contributed by atoms with E-state index in [9.17, 15) is 13.2 Å². The zero-order valence-corrected chi connectivity index (χ0v) is 24.2. The van der Waals surface area contributed by atoms with Gasteiger partial charge in [0.15, 0.2) is 0 Å². The Balaban J connectivity index is 1.68.